The predicted octanol–water partition coefficient (Wildman–Crippen LogP) is 1.60. The normalized spacial score (nSPS) is 9.89. The van der Waals surface area contributed by atoms with E-state index in [-0.39, 0.29) is 36.4 Å². The van der Waals surface area contributed by atoms with Crippen LogP contribution >= 0.6 is 11.8 Å². The average Bonchev–Trinajstić information content (AvgIpc) is 2.38. The molecule has 6 heteroatoms. The molecule has 0 unspecified atom stereocenters. The summed E-state index contributed by atoms with van der Waals surface area (Å²) >= 11 is 1.31. The Morgan fingerprint density at radius 2 is 2.00 bits per heavy atom. The Hall–Kier alpha value is -1.56. The minimum atomic E-state index is -0.360. The van der Waals surface area contributed by atoms with Crippen LogP contribution in [0.5, 0.6) is 0 Å². The summed E-state index contributed by atoms with van der Waals surface area (Å²) in [6.45, 7) is 0.259. The van der Waals surface area contributed by atoms with Gasteiger partial charge in [-0.25, -0.2) is 4.39 Å². The average molecular weight is 271 g/mol. The van der Waals surface area contributed by atoms with Crippen molar-refractivity contribution in [2.24, 2.45) is 0 Å². The molecule has 0 aliphatic rings. The van der Waals surface area contributed by atoms with Crippen LogP contribution in [0, 0.1) is 5.82 Å². The van der Waals surface area contributed by atoms with Crippen LogP contribution in [-0.2, 0) is 14.3 Å². The monoisotopic (exact) mass is 271 g/mol. The molecule has 0 fully saturated rings. The van der Waals surface area contributed by atoms with Gasteiger partial charge in [-0.3, -0.25) is 9.59 Å². The summed E-state index contributed by atoms with van der Waals surface area (Å²) < 4.78 is 17.1. The molecule has 1 N–H and O–H groups in total. The fraction of sp³-hybridized carbons (Fsp3) is 0.333. The first-order valence-corrected chi connectivity index (χ1v) is 6.32. The third-order valence-electron chi connectivity index (χ3n) is 2.06. The van der Waals surface area contributed by atoms with Crippen molar-refractivity contribution in [3.05, 3.63) is 30.1 Å². The van der Waals surface area contributed by atoms with E-state index in [0.717, 1.165) is 4.90 Å². The van der Waals surface area contributed by atoms with E-state index < -0.39 is 0 Å². The number of ether oxygens (including phenoxy) is 1. The van der Waals surface area contributed by atoms with Crippen molar-refractivity contribution in [1.29, 1.82) is 0 Å². The number of rotatable bonds is 6. The van der Waals surface area contributed by atoms with Gasteiger partial charge in [0.05, 0.1) is 19.3 Å². The van der Waals surface area contributed by atoms with Crippen molar-refractivity contribution in [2.45, 2.75) is 11.3 Å². The van der Waals surface area contributed by atoms with Gasteiger partial charge in [0.2, 0.25) is 5.91 Å². The largest absolute Gasteiger partial charge is 0.469 e. The molecule has 0 spiro atoms. The second-order valence-corrected chi connectivity index (χ2v) is 4.47. The van der Waals surface area contributed by atoms with Crippen LogP contribution in [0.15, 0.2) is 29.2 Å². The molecule has 1 amide bonds. The highest BCUT2D eigenvalue weighted by atomic mass is 32.2. The van der Waals surface area contributed by atoms with Gasteiger partial charge in [0.15, 0.2) is 0 Å². The van der Waals surface area contributed by atoms with Crippen molar-refractivity contribution in [3.63, 3.8) is 0 Å². The maximum atomic E-state index is 12.6. The Balaban J connectivity index is 2.21. The van der Waals surface area contributed by atoms with Gasteiger partial charge in [0.1, 0.15) is 5.82 Å². The van der Waals surface area contributed by atoms with Crippen molar-refractivity contribution in [3.8, 4) is 0 Å². The van der Waals surface area contributed by atoms with Gasteiger partial charge >= 0.3 is 5.97 Å². The van der Waals surface area contributed by atoms with Crippen LogP contribution in [0.1, 0.15) is 6.42 Å². The highest BCUT2D eigenvalue weighted by Crippen LogP contribution is 2.17. The summed E-state index contributed by atoms with van der Waals surface area (Å²) in [5, 5.41) is 2.59. The van der Waals surface area contributed by atoms with Gasteiger partial charge in [-0.15, -0.1) is 11.8 Å². The van der Waals surface area contributed by atoms with Crippen LogP contribution < -0.4 is 5.32 Å². The number of methoxy groups -OCH3 is 1. The third-order valence-corrected chi connectivity index (χ3v) is 3.07. The number of nitrogens with one attached hydrogen (secondary N) is 1. The lowest BCUT2D eigenvalue weighted by Crippen LogP contribution is -2.27. The number of carbonyl (C=O) groups excluding carboxylic acids is 2. The summed E-state index contributed by atoms with van der Waals surface area (Å²) in [5.74, 6) is -0.608. The van der Waals surface area contributed by atoms with Crippen LogP contribution in [-0.4, -0.2) is 31.3 Å². The van der Waals surface area contributed by atoms with E-state index in [9.17, 15) is 14.0 Å². The summed E-state index contributed by atoms with van der Waals surface area (Å²) in [7, 11) is 1.30. The molecular formula is C12H14FNO3S. The highest BCUT2D eigenvalue weighted by Gasteiger charge is 2.04. The number of carbonyl (C=O) groups is 2. The number of hydrogen-bond donors (Lipinski definition) is 1. The van der Waals surface area contributed by atoms with Gasteiger partial charge in [-0.2, -0.15) is 0 Å². The van der Waals surface area contributed by atoms with E-state index in [4.69, 9.17) is 0 Å². The number of benzene rings is 1. The Morgan fingerprint density at radius 1 is 1.33 bits per heavy atom. The first-order chi connectivity index (χ1) is 8.61. The Labute approximate surface area is 109 Å². The lowest BCUT2D eigenvalue weighted by Gasteiger charge is -2.04. The van der Waals surface area contributed by atoms with E-state index in [2.05, 4.69) is 10.1 Å². The fourth-order valence-electron chi connectivity index (χ4n) is 1.14. The molecule has 0 aliphatic heterocycles. The summed E-state index contributed by atoms with van der Waals surface area (Å²) in [5.41, 5.74) is 0. The SMILES string of the molecule is COC(=O)CCNC(=O)CSc1ccc(F)cc1. The maximum absolute atomic E-state index is 12.6. The molecule has 98 valence electrons. The van der Waals surface area contributed by atoms with Crippen LogP contribution in [0.25, 0.3) is 0 Å². The molecule has 0 heterocycles. The number of amides is 1. The van der Waals surface area contributed by atoms with E-state index >= 15 is 0 Å². The lowest BCUT2D eigenvalue weighted by molar-refractivity contribution is -0.140. The van der Waals surface area contributed by atoms with Crippen LogP contribution in [0.4, 0.5) is 4.39 Å². The van der Waals surface area contributed by atoms with Gasteiger partial charge in [-0.1, -0.05) is 0 Å². The van der Waals surface area contributed by atoms with Crippen LogP contribution in [0.2, 0.25) is 0 Å². The molecule has 1 aromatic rings. The zero-order valence-corrected chi connectivity index (χ0v) is 10.8. The van der Waals surface area contributed by atoms with E-state index in [1.165, 1.54) is 31.0 Å². The van der Waals surface area contributed by atoms with Crippen molar-refractivity contribution in [2.75, 3.05) is 19.4 Å². The fourth-order valence-corrected chi connectivity index (χ4v) is 1.87. The number of hydrogen-bond acceptors (Lipinski definition) is 4. The number of halogens is 1. The van der Waals surface area contributed by atoms with E-state index in [1.54, 1.807) is 12.1 Å². The van der Waals surface area contributed by atoms with Gasteiger partial charge < -0.3 is 10.1 Å². The first-order valence-electron chi connectivity index (χ1n) is 5.33. The molecule has 0 saturated carbocycles. The van der Waals surface area contributed by atoms with Crippen molar-refractivity contribution in [1.82, 2.24) is 5.32 Å². The van der Waals surface area contributed by atoms with Crippen LogP contribution in [0.3, 0.4) is 0 Å². The van der Waals surface area contributed by atoms with Gasteiger partial charge in [-0.05, 0) is 24.3 Å². The van der Waals surface area contributed by atoms with Crippen molar-refractivity contribution < 1.29 is 18.7 Å². The molecule has 1 aromatic carbocycles. The van der Waals surface area contributed by atoms with Gasteiger partial charge in [0.25, 0.3) is 0 Å². The molecule has 0 aromatic heterocycles. The van der Waals surface area contributed by atoms with Gasteiger partial charge in [0, 0.05) is 11.4 Å². The molecule has 0 bridgehead atoms. The molecule has 18 heavy (non-hydrogen) atoms. The van der Waals surface area contributed by atoms with E-state index in [1.807, 2.05) is 0 Å². The molecule has 0 saturated heterocycles. The Kier molecular flexibility index (Phi) is 6.21. The predicted molar refractivity (Wildman–Crippen MR) is 66.8 cm³/mol. The van der Waals surface area contributed by atoms with Crippen molar-refractivity contribution >= 4 is 23.6 Å². The minimum Gasteiger partial charge on any atom is -0.469 e. The molecule has 0 aliphatic carbocycles. The number of thioether (sulfide) groups is 1. The molecule has 1 rings (SSSR count). The Bertz CT molecular complexity index is 408. The quantitative estimate of drug-likeness (QED) is 0.630. The summed E-state index contributed by atoms with van der Waals surface area (Å²) in [4.78, 5) is 23.0. The number of esters is 1. The first kappa shape index (κ1) is 14.5. The second kappa shape index (κ2) is 7.71. The minimum absolute atomic E-state index is 0.156. The smallest absolute Gasteiger partial charge is 0.307 e. The Morgan fingerprint density at radius 3 is 2.61 bits per heavy atom. The zero-order chi connectivity index (χ0) is 13.4. The molecule has 0 radical (unpaired) electrons. The van der Waals surface area contributed by atoms with E-state index in [0.29, 0.717) is 0 Å². The molecule has 4 nitrogen and oxygen atoms in total. The topological polar surface area (TPSA) is 55.4 Å². The summed E-state index contributed by atoms with van der Waals surface area (Å²) in [6.07, 6.45) is 0.156. The third kappa shape index (κ3) is 5.67. The standard InChI is InChI=1S/C12H14FNO3S/c1-17-12(16)6-7-14-11(15)8-18-10-4-2-9(13)3-5-10/h2-5H,6-8H2,1H3,(H,14,15). The summed E-state index contributed by atoms with van der Waals surface area (Å²) in [6, 6.07) is 5.92. The zero-order valence-electron chi connectivity index (χ0n) is 9.94. The highest BCUT2D eigenvalue weighted by molar-refractivity contribution is 8.00. The maximum Gasteiger partial charge on any atom is 0.307 e. The molecule has 0 atom stereocenters. The molecular weight excluding hydrogens is 257 g/mol. The second-order valence-electron chi connectivity index (χ2n) is 3.42. The lowest BCUT2D eigenvalue weighted by atomic mass is 10.4.